The van der Waals surface area contributed by atoms with Crippen molar-refractivity contribution in [1.29, 1.82) is 0 Å². The van der Waals surface area contributed by atoms with Crippen molar-refractivity contribution in [2.45, 2.75) is 0 Å². The van der Waals surface area contributed by atoms with Gasteiger partial charge in [0.1, 0.15) is 5.69 Å². The largest absolute Gasteiger partial charge is 0.396 e. The molecule has 1 amide bonds. The van der Waals surface area contributed by atoms with Crippen molar-refractivity contribution in [2.24, 2.45) is 0 Å². The Morgan fingerprint density at radius 3 is 2.94 bits per heavy atom. The predicted octanol–water partition coefficient (Wildman–Crippen LogP) is 2.66. The van der Waals surface area contributed by atoms with Crippen LogP contribution in [0.15, 0.2) is 28.9 Å². The minimum absolute atomic E-state index is 0.219. The molecule has 0 aliphatic rings. The highest BCUT2D eigenvalue weighted by Crippen LogP contribution is 2.30. The molecule has 1 heterocycles. The fourth-order valence-corrected chi connectivity index (χ4v) is 1.80. The summed E-state index contributed by atoms with van der Waals surface area (Å²) in [7, 11) is 0. The molecule has 5 nitrogen and oxygen atoms in total. The van der Waals surface area contributed by atoms with Gasteiger partial charge in [0.15, 0.2) is 0 Å². The number of aromatic nitrogens is 2. The molecule has 0 radical (unpaired) electrons. The Kier molecular flexibility index (Phi) is 3.35. The number of carbonyl (C=O) groups is 1. The van der Waals surface area contributed by atoms with E-state index >= 15 is 0 Å². The molecule has 0 aliphatic heterocycles. The highest BCUT2D eigenvalue weighted by atomic mass is 79.9. The van der Waals surface area contributed by atoms with Crippen molar-refractivity contribution in [2.75, 3.05) is 11.1 Å². The lowest BCUT2D eigenvalue weighted by atomic mass is 10.3. The first kappa shape index (κ1) is 11.9. The van der Waals surface area contributed by atoms with Crippen LogP contribution in [0.3, 0.4) is 0 Å². The standard InChI is InChI=1S/C10H8BrClN4O/c11-8-5(12)2-1-3-7(8)15-10(17)9-6(13)4-14-16-9/h1-4H,13H2,(H,14,16)(H,15,17). The van der Waals surface area contributed by atoms with E-state index in [9.17, 15) is 4.79 Å². The van der Waals surface area contributed by atoms with Crippen LogP contribution in [-0.2, 0) is 0 Å². The number of nitrogen functional groups attached to an aromatic ring is 1. The molecule has 7 heteroatoms. The Bertz CT molecular complexity index is 569. The second kappa shape index (κ2) is 4.77. The Labute approximate surface area is 110 Å². The summed E-state index contributed by atoms with van der Waals surface area (Å²) in [5, 5.41) is 9.39. The first-order chi connectivity index (χ1) is 8.09. The average Bonchev–Trinajstić information content (AvgIpc) is 2.71. The number of hydrogen-bond donors (Lipinski definition) is 3. The van der Waals surface area contributed by atoms with Gasteiger partial charge in [-0.3, -0.25) is 9.89 Å². The maximum atomic E-state index is 11.8. The number of nitrogens with one attached hydrogen (secondary N) is 2. The summed E-state index contributed by atoms with van der Waals surface area (Å²) in [5.41, 5.74) is 6.65. The van der Waals surface area contributed by atoms with E-state index in [0.29, 0.717) is 20.9 Å². The highest BCUT2D eigenvalue weighted by molar-refractivity contribution is 9.10. The Balaban J connectivity index is 2.25. The van der Waals surface area contributed by atoms with Gasteiger partial charge in [-0.1, -0.05) is 17.7 Å². The van der Waals surface area contributed by atoms with Gasteiger partial charge in [-0.15, -0.1) is 0 Å². The van der Waals surface area contributed by atoms with Crippen LogP contribution in [-0.4, -0.2) is 16.1 Å². The minimum Gasteiger partial charge on any atom is -0.396 e. The molecule has 2 rings (SSSR count). The Hall–Kier alpha value is -1.53. The van der Waals surface area contributed by atoms with Crippen LogP contribution in [0.5, 0.6) is 0 Å². The number of aromatic amines is 1. The second-order valence-corrected chi connectivity index (χ2v) is 4.46. The van der Waals surface area contributed by atoms with Crippen molar-refractivity contribution >= 4 is 44.8 Å². The van der Waals surface area contributed by atoms with E-state index in [4.69, 9.17) is 17.3 Å². The van der Waals surface area contributed by atoms with Crippen LogP contribution in [0.4, 0.5) is 11.4 Å². The van der Waals surface area contributed by atoms with Crippen LogP contribution >= 0.6 is 27.5 Å². The first-order valence-electron chi connectivity index (χ1n) is 4.64. The lowest BCUT2D eigenvalue weighted by molar-refractivity contribution is 0.102. The summed E-state index contributed by atoms with van der Waals surface area (Å²) in [4.78, 5) is 11.8. The van der Waals surface area contributed by atoms with E-state index < -0.39 is 0 Å². The fraction of sp³-hybridized carbons (Fsp3) is 0. The maximum absolute atomic E-state index is 11.8. The molecule has 0 saturated carbocycles. The first-order valence-corrected chi connectivity index (χ1v) is 5.81. The zero-order chi connectivity index (χ0) is 12.4. The molecule has 0 atom stereocenters. The molecule has 0 spiro atoms. The summed E-state index contributed by atoms with van der Waals surface area (Å²) in [6.45, 7) is 0. The van der Waals surface area contributed by atoms with Gasteiger partial charge in [0.2, 0.25) is 0 Å². The smallest absolute Gasteiger partial charge is 0.275 e. The average molecular weight is 316 g/mol. The van der Waals surface area contributed by atoms with Gasteiger partial charge >= 0.3 is 0 Å². The van der Waals surface area contributed by atoms with Crippen molar-refractivity contribution < 1.29 is 4.79 Å². The highest BCUT2D eigenvalue weighted by Gasteiger charge is 2.13. The van der Waals surface area contributed by atoms with Crippen LogP contribution in [0.1, 0.15) is 10.5 Å². The summed E-state index contributed by atoms with van der Waals surface area (Å²) in [5.74, 6) is -0.372. The molecule has 1 aromatic heterocycles. The molecule has 4 N–H and O–H groups in total. The van der Waals surface area contributed by atoms with E-state index in [-0.39, 0.29) is 11.6 Å². The van der Waals surface area contributed by atoms with Gasteiger partial charge in [-0.25, -0.2) is 0 Å². The number of nitrogens with two attached hydrogens (primary N) is 1. The fourth-order valence-electron chi connectivity index (χ4n) is 1.26. The topological polar surface area (TPSA) is 83.8 Å². The molecule has 88 valence electrons. The van der Waals surface area contributed by atoms with Crippen molar-refractivity contribution in [3.8, 4) is 0 Å². The summed E-state index contributed by atoms with van der Waals surface area (Å²) in [6.07, 6.45) is 1.38. The molecule has 1 aromatic carbocycles. The van der Waals surface area contributed by atoms with E-state index in [1.165, 1.54) is 6.20 Å². The van der Waals surface area contributed by atoms with Crippen LogP contribution in [0, 0.1) is 0 Å². The number of anilines is 2. The molecular weight excluding hydrogens is 307 g/mol. The van der Waals surface area contributed by atoms with Gasteiger partial charge in [-0.2, -0.15) is 5.10 Å². The van der Waals surface area contributed by atoms with E-state index in [1.54, 1.807) is 18.2 Å². The Morgan fingerprint density at radius 2 is 2.29 bits per heavy atom. The van der Waals surface area contributed by atoms with E-state index in [2.05, 4.69) is 31.4 Å². The van der Waals surface area contributed by atoms with E-state index in [1.807, 2.05) is 0 Å². The van der Waals surface area contributed by atoms with Gasteiger partial charge in [0.25, 0.3) is 5.91 Å². The molecule has 0 unspecified atom stereocenters. The van der Waals surface area contributed by atoms with Crippen molar-refractivity contribution in [1.82, 2.24) is 10.2 Å². The van der Waals surface area contributed by atoms with Gasteiger partial charge in [0.05, 0.1) is 27.1 Å². The van der Waals surface area contributed by atoms with Gasteiger partial charge in [0, 0.05) is 0 Å². The monoisotopic (exact) mass is 314 g/mol. The summed E-state index contributed by atoms with van der Waals surface area (Å²) < 4.78 is 0.619. The lowest BCUT2D eigenvalue weighted by Crippen LogP contribution is -2.14. The number of hydrogen-bond acceptors (Lipinski definition) is 3. The zero-order valence-corrected chi connectivity index (χ0v) is 10.8. The Morgan fingerprint density at radius 1 is 1.53 bits per heavy atom. The summed E-state index contributed by atoms with van der Waals surface area (Å²) in [6, 6.07) is 5.17. The second-order valence-electron chi connectivity index (χ2n) is 3.26. The minimum atomic E-state index is -0.372. The molecule has 0 bridgehead atoms. The van der Waals surface area contributed by atoms with Gasteiger partial charge < -0.3 is 11.1 Å². The molecular formula is C10H8BrClN4O. The number of carbonyl (C=O) groups excluding carboxylic acids is 1. The summed E-state index contributed by atoms with van der Waals surface area (Å²) >= 11 is 9.20. The number of H-pyrrole nitrogens is 1. The third kappa shape index (κ3) is 2.42. The van der Waals surface area contributed by atoms with Gasteiger partial charge in [-0.05, 0) is 28.1 Å². The van der Waals surface area contributed by atoms with Crippen LogP contribution in [0.2, 0.25) is 5.02 Å². The quantitative estimate of drug-likeness (QED) is 0.796. The molecule has 2 aromatic rings. The maximum Gasteiger partial charge on any atom is 0.275 e. The lowest BCUT2D eigenvalue weighted by Gasteiger charge is -2.07. The predicted molar refractivity (Wildman–Crippen MR) is 70.1 cm³/mol. The number of amides is 1. The van der Waals surface area contributed by atoms with Crippen molar-refractivity contribution in [3.05, 3.63) is 39.6 Å². The zero-order valence-electron chi connectivity index (χ0n) is 8.50. The number of halogens is 2. The molecule has 0 aliphatic carbocycles. The number of benzene rings is 1. The molecule has 0 fully saturated rings. The number of nitrogens with zero attached hydrogens (tertiary/aromatic N) is 1. The third-order valence-corrected chi connectivity index (χ3v) is 3.49. The van der Waals surface area contributed by atoms with Crippen LogP contribution in [0.25, 0.3) is 0 Å². The normalized spacial score (nSPS) is 10.2. The molecule has 0 saturated heterocycles. The van der Waals surface area contributed by atoms with Crippen LogP contribution < -0.4 is 11.1 Å². The van der Waals surface area contributed by atoms with Crippen molar-refractivity contribution in [3.63, 3.8) is 0 Å². The molecule has 17 heavy (non-hydrogen) atoms. The third-order valence-electron chi connectivity index (χ3n) is 2.10. The SMILES string of the molecule is Nc1cn[nH]c1C(=O)Nc1cccc(Cl)c1Br. The van der Waals surface area contributed by atoms with E-state index in [0.717, 1.165) is 0 Å². The number of rotatable bonds is 2.